The summed E-state index contributed by atoms with van der Waals surface area (Å²) in [5, 5.41) is 0. The van der Waals surface area contributed by atoms with Gasteiger partial charge >= 0.3 is 0 Å². The first-order chi connectivity index (χ1) is 10.1. The van der Waals surface area contributed by atoms with Crippen molar-refractivity contribution >= 4 is 5.78 Å². The summed E-state index contributed by atoms with van der Waals surface area (Å²) < 4.78 is 15.6. The minimum atomic E-state index is -0.0679. The lowest BCUT2D eigenvalue weighted by Gasteiger charge is -2.10. The molecule has 0 N–H and O–H groups in total. The van der Waals surface area contributed by atoms with Gasteiger partial charge in [0.2, 0.25) is 0 Å². The maximum absolute atomic E-state index is 12.5. The smallest absolute Gasteiger partial charge is 0.193 e. The van der Waals surface area contributed by atoms with E-state index in [1.807, 2.05) is 13.0 Å². The molecular formula is C17H18O4. The van der Waals surface area contributed by atoms with Gasteiger partial charge in [-0.3, -0.25) is 4.79 Å². The molecule has 4 nitrogen and oxygen atoms in total. The third-order valence-corrected chi connectivity index (χ3v) is 3.30. The van der Waals surface area contributed by atoms with Crippen LogP contribution in [0, 0.1) is 6.92 Å². The highest BCUT2D eigenvalue weighted by Gasteiger charge is 2.13. The number of hydrogen-bond donors (Lipinski definition) is 0. The molecule has 0 heterocycles. The Labute approximate surface area is 124 Å². The fraction of sp³-hybridized carbons (Fsp3) is 0.235. The van der Waals surface area contributed by atoms with Crippen molar-refractivity contribution < 1.29 is 19.0 Å². The lowest BCUT2D eigenvalue weighted by atomic mass is 10.0. The molecule has 0 aliphatic heterocycles. The number of ketones is 1. The van der Waals surface area contributed by atoms with Crippen molar-refractivity contribution in [1.82, 2.24) is 0 Å². The van der Waals surface area contributed by atoms with Gasteiger partial charge in [-0.05, 0) is 48.9 Å². The summed E-state index contributed by atoms with van der Waals surface area (Å²) in [5.74, 6) is 1.83. The van der Waals surface area contributed by atoms with E-state index in [0.29, 0.717) is 22.6 Å². The lowest BCUT2D eigenvalue weighted by molar-refractivity contribution is 0.103. The molecule has 0 aliphatic carbocycles. The van der Waals surface area contributed by atoms with Crippen molar-refractivity contribution in [2.24, 2.45) is 0 Å². The number of benzene rings is 2. The first-order valence-corrected chi connectivity index (χ1v) is 6.52. The molecule has 0 aromatic heterocycles. The lowest BCUT2D eigenvalue weighted by Crippen LogP contribution is -2.03. The Bertz CT molecular complexity index is 662. The molecule has 0 fully saturated rings. The number of carbonyl (C=O) groups excluding carboxylic acids is 1. The van der Waals surface area contributed by atoms with Crippen LogP contribution in [0.3, 0.4) is 0 Å². The van der Waals surface area contributed by atoms with Crippen LogP contribution in [-0.2, 0) is 0 Å². The van der Waals surface area contributed by atoms with Gasteiger partial charge in [-0.15, -0.1) is 0 Å². The maximum Gasteiger partial charge on any atom is 0.193 e. The van der Waals surface area contributed by atoms with Crippen molar-refractivity contribution in [1.29, 1.82) is 0 Å². The summed E-state index contributed by atoms with van der Waals surface area (Å²) in [7, 11) is 4.72. The molecule has 0 radical (unpaired) electrons. The second-order valence-corrected chi connectivity index (χ2v) is 4.58. The summed E-state index contributed by atoms with van der Waals surface area (Å²) >= 11 is 0. The highest BCUT2D eigenvalue weighted by atomic mass is 16.5. The molecule has 4 heteroatoms. The van der Waals surface area contributed by atoms with E-state index in [0.717, 1.165) is 11.3 Å². The van der Waals surface area contributed by atoms with Gasteiger partial charge in [0.1, 0.15) is 5.75 Å². The SMILES string of the molecule is COc1ccc(C(=O)c2ccc(OC)c(OC)c2)cc1C. The average molecular weight is 286 g/mol. The zero-order valence-electron chi connectivity index (χ0n) is 12.6. The molecule has 0 spiro atoms. The summed E-state index contributed by atoms with van der Waals surface area (Å²) in [4.78, 5) is 12.5. The Morgan fingerprint density at radius 3 is 1.81 bits per heavy atom. The Kier molecular flexibility index (Phi) is 4.48. The van der Waals surface area contributed by atoms with Gasteiger partial charge in [-0.2, -0.15) is 0 Å². The number of ether oxygens (including phenoxy) is 3. The van der Waals surface area contributed by atoms with E-state index in [1.165, 1.54) is 0 Å². The van der Waals surface area contributed by atoms with Crippen LogP contribution in [0.25, 0.3) is 0 Å². The zero-order chi connectivity index (χ0) is 15.4. The molecule has 0 saturated carbocycles. The Hall–Kier alpha value is -2.49. The zero-order valence-corrected chi connectivity index (χ0v) is 12.6. The van der Waals surface area contributed by atoms with E-state index in [-0.39, 0.29) is 5.78 Å². The molecule has 2 aromatic carbocycles. The fourth-order valence-electron chi connectivity index (χ4n) is 2.16. The van der Waals surface area contributed by atoms with E-state index in [2.05, 4.69) is 0 Å². The molecule has 21 heavy (non-hydrogen) atoms. The quantitative estimate of drug-likeness (QED) is 0.791. The molecule has 0 aliphatic rings. The summed E-state index contributed by atoms with van der Waals surface area (Å²) in [6, 6.07) is 10.5. The first-order valence-electron chi connectivity index (χ1n) is 6.52. The van der Waals surface area contributed by atoms with Crippen molar-refractivity contribution in [2.75, 3.05) is 21.3 Å². The second-order valence-electron chi connectivity index (χ2n) is 4.58. The first kappa shape index (κ1) is 14.9. The van der Waals surface area contributed by atoms with Crippen LogP contribution in [-0.4, -0.2) is 27.1 Å². The maximum atomic E-state index is 12.5. The van der Waals surface area contributed by atoms with Gasteiger partial charge in [0, 0.05) is 11.1 Å². The third kappa shape index (κ3) is 2.99. The number of hydrogen-bond acceptors (Lipinski definition) is 4. The molecule has 2 rings (SSSR count). The number of rotatable bonds is 5. The molecule has 0 amide bonds. The minimum Gasteiger partial charge on any atom is -0.496 e. The van der Waals surface area contributed by atoms with Crippen molar-refractivity contribution in [2.45, 2.75) is 6.92 Å². The van der Waals surface area contributed by atoms with Crippen molar-refractivity contribution in [3.05, 3.63) is 53.1 Å². The van der Waals surface area contributed by atoms with Gasteiger partial charge in [-0.1, -0.05) is 0 Å². The third-order valence-electron chi connectivity index (χ3n) is 3.30. The van der Waals surface area contributed by atoms with Crippen LogP contribution < -0.4 is 14.2 Å². The monoisotopic (exact) mass is 286 g/mol. The highest BCUT2D eigenvalue weighted by molar-refractivity contribution is 6.09. The molecule has 0 saturated heterocycles. The number of methoxy groups -OCH3 is 3. The Balaban J connectivity index is 2.38. The average Bonchev–Trinajstić information content (AvgIpc) is 2.53. The van der Waals surface area contributed by atoms with Crippen LogP contribution in [0.2, 0.25) is 0 Å². The van der Waals surface area contributed by atoms with Crippen LogP contribution in [0.5, 0.6) is 17.2 Å². The van der Waals surface area contributed by atoms with Gasteiger partial charge in [0.15, 0.2) is 17.3 Å². The van der Waals surface area contributed by atoms with E-state index in [1.54, 1.807) is 51.7 Å². The van der Waals surface area contributed by atoms with E-state index >= 15 is 0 Å². The Morgan fingerprint density at radius 1 is 0.762 bits per heavy atom. The van der Waals surface area contributed by atoms with Gasteiger partial charge < -0.3 is 14.2 Å². The van der Waals surface area contributed by atoms with Crippen molar-refractivity contribution in [3.63, 3.8) is 0 Å². The van der Waals surface area contributed by atoms with Crippen LogP contribution in [0.1, 0.15) is 21.5 Å². The fourth-order valence-corrected chi connectivity index (χ4v) is 2.16. The standard InChI is InChI=1S/C17H18O4/c1-11-9-12(5-7-14(11)19-2)17(18)13-6-8-15(20-3)16(10-13)21-4/h5-10H,1-4H3. The molecule has 0 unspecified atom stereocenters. The number of aryl methyl sites for hydroxylation is 1. The van der Waals surface area contributed by atoms with Crippen molar-refractivity contribution in [3.8, 4) is 17.2 Å². The van der Waals surface area contributed by atoms with Gasteiger partial charge in [-0.25, -0.2) is 0 Å². The van der Waals surface area contributed by atoms with Gasteiger partial charge in [0.25, 0.3) is 0 Å². The molecule has 2 aromatic rings. The minimum absolute atomic E-state index is 0.0679. The second kappa shape index (κ2) is 6.31. The van der Waals surface area contributed by atoms with Crippen LogP contribution in [0.4, 0.5) is 0 Å². The van der Waals surface area contributed by atoms with Gasteiger partial charge in [0.05, 0.1) is 21.3 Å². The molecular weight excluding hydrogens is 268 g/mol. The predicted molar refractivity (Wildman–Crippen MR) is 80.7 cm³/mol. The van der Waals surface area contributed by atoms with E-state index < -0.39 is 0 Å². The normalized spacial score (nSPS) is 10.1. The summed E-state index contributed by atoms with van der Waals surface area (Å²) in [6.07, 6.45) is 0. The molecule has 110 valence electrons. The Morgan fingerprint density at radius 2 is 1.29 bits per heavy atom. The summed E-state index contributed by atoms with van der Waals surface area (Å²) in [5.41, 5.74) is 2.08. The summed E-state index contributed by atoms with van der Waals surface area (Å²) in [6.45, 7) is 1.91. The van der Waals surface area contributed by atoms with E-state index in [9.17, 15) is 4.79 Å². The molecule has 0 bridgehead atoms. The van der Waals surface area contributed by atoms with Crippen LogP contribution in [0.15, 0.2) is 36.4 Å². The highest BCUT2D eigenvalue weighted by Crippen LogP contribution is 2.29. The van der Waals surface area contributed by atoms with E-state index in [4.69, 9.17) is 14.2 Å². The van der Waals surface area contributed by atoms with Crippen LogP contribution >= 0.6 is 0 Å². The molecule has 0 atom stereocenters. The topological polar surface area (TPSA) is 44.8 Å². The largest absolute Gasteiger partial charge is 0.496 e. The number of carbonyl (C=O) groups is 1. The predicted octanol–water partition coefficient (Wildman–Crippen LogP) is 3.25.